The summed E-state index contributed by atoms with van der Waals surface area (Å²) in [6, 6.07) is 9.66. The predicted molar refractivity (Wildman–Crippen MR) is 116 cm³/mol. The molecule has 2 aliphatic heterocycles. The van der Waals surface area contributed by atoms with Gasteiger partial charge < -0.3 is 19.5 Å². The first-order valence-corrected chi connectivity index (χ1v) is 11.2. The van der Waals surface area contributed by atoms with Crippen LogP contribution in [0.5, 0.6) is 5.75 Å². The minimum atomic E-state index is -0.720. The zero-order valence-corrected chi connectivity index (χ0v) is 18.6. The van der Waals surface area contributed by atoms with Gasteiger partial charge in [-0.25, -0.2) is 13.6 Å². The highest BCUT2D eigenvalue weighted by Gasteiger charge is 2.53. The van der Waals surface area contributed by atoms with E-state index in [1.54, 1.807) is 19.1 Å². The summed E-state index contributed by atoms with van der Waals surface area (Å²) in [5.74, 6) is -1.32. The SMILES string of the molecule is CCNC(=O)OCC[C@H]1OCC[C@]2(Cc3ccc(Cl)cc3)c3c(F)ccc(F)c3OC[C@H]12. The van der Waals surface area contributed by atoms with Gasteiger partial charge in [-0.15, -0.1) is 0 Å². The number of amides is 1. The highest BCUT2D eigenvalue weighted by Crippen LogP contribution is 2.52. The molecular formula is C24H26ClF2NO4. The Morgan fingerprint density at radius 1 is 1.22 bits per heavy atom. The second kappa shape index (κ2) is 9.63. The van der Waals surface area contributed by atoms with Gasteiger partial charge in [0.2, 0.25) is 0 Å². The van der Waals surface area contributed by atoms with Crippen LogP contribution in [0.3, 0.4) is 0 Å². The summed E-state index contributed by atoms with van der Waals surface area (Å²) in [5, 5.41) is 3.19. The van der Waals surface area contributed by atoms with Gasteiger partial charge in [0.15, 0.2) is 11.6 Å². The summed E-state index contributed by atoms with van der Waals surface area (Å²) in [7, 11) is 0. The molecule has 0 radical (unpaired) electrons. The van der Waals surface area contributed by atoms with Crippen molar-refractivity contribution in [1.82, 2.24) is 5.32 Å². The Kier molecular flexibility index (Phi) is 6.86. The van der Waals surface area contributed by atoms with Crippen molar-refractivity contribution in [2.45, 2.75) is 37.7 Å². The number of hydrogen-bond donors (Lipinski definition) is 1. The predicted octanol–water partition coefficient (Wildman–Crippen LogP) is 5.03. The molecule has 172 valence electrons. The van der Waals surface area contributed by atoms with Crippen molar-refractivity contribution in [2.75, 3.05) is 26.4 Å². The van der Waals surface area contributed by atoms with Gasteiger partial charge in [-0.2, -0.15) is 0 Å². The fourth-order valence-electron chi connectivity index (χ4n) is 4.96. The Labute approximate surface area is 191 Å². The standard InChI is InChI=1S/C24H26ClF2NO4/c1-2-28-23(29)31-11-9-20-17-14-32-22-19(27)8-7-18(26)21(22)24(17,10-12-30-20)13-15-3-5-16(25)6-4-15/h3-8,17,20H,2,9-14H2,1H3,(H,28,29)/t17-,20-,24-/m1/s1. The number of hydrogen-bond acceptors (Lipinski definition) is 4. The van der Waals surface area contributed by atoms with Gasteiger partial charge in [0.05, 0.1) is 19.3 Å². The first-order chi connectivity index (χ1) is 15.4. The van der Waals surface area contributed by atoms with Gasteiger partial charge in [-0.1, -0.05) is 23.7 Å². The molecule has 0 bridgehead atoms. The van der Waals surface area contributed by atoms with Gasteiger partial charge in [-0.05, 0) is 49.6 Å². The fraction of sp³-hybridized carbons (Fsp3) is 0.458. The number of nitrogens with one attached hydrogen (secondary N) is 1. The molecule has 1 fully saturated rings. The van der Waals surface area contributed by atoms with E-state index in [0.717, 1.165) is 17.7 Å². The van der Waals surface area contributed by atoms with Gasteiger partial charge >= 0.3 is 6.09 Å². The van der Waals surface area contributed by atoms with Crippen molar-refractivity contribution >= 4 is 17.7 Å². The molecule has 0 aromatic heterocycles. The van der Waals surface area contributed by atoms with Gasteiger partial charge in [-0.3, -0.25) is 0 Å². The van der Waals surface area contributed by atoms with Gasteiger partial charge in [0.1, 0.15) is 5.82 Å². The molecule has 0 spiro atoms. The molecule has 3 atom stereocenters. The second-order valence-electron chi connectivity index (χ2n) is 8.22. The summed E-state index contributed by atoms with van der Waals surface area (Å²) in [5.41, 5.74) is 0.513. The minimum absolute atomic E-state index is 0.0190. The third-order valence-corrected chi connectivity index (χ3v) is 6.64. The molecule has 1 saturated heterocycles. The zero-order chi connectivity index (χ0) is 22.7. The van der Waals surface area contributed by atoms with Crippen molar-refractivity contribution in [2.24, 2.45) is 5.92 Å². The Hall–Kier alpha value is -2.38. The highest BCUT2D eigenvalue weighted by molar-refractivity contribution is 6.30. The topological polar surface area (TPSA) is 56.8 Å². The van der Waals surface area contributed by atoms with E-state index >= 15 is 4.39 Å². The Morgan fingerprint density at radius 2 is 1.97 bits per heavy atom. The van der Waals surface area contributed by atoms with Crippen molar-refractivity contribution < 1.29 is 27.8 Å². The smallest absolute Gasteiger partial charge is 0.407 e. The lowest BCUT2D eigenvalue weighted by molar-refractivity contribution is -0.103. The molecule has 0 saturated carbocycles. The zero-order valence-electron chi connectivity index (χ0n) is 17.8. The first kappa shape index (κ1) is 22.8. The van der Waals surface area contributed by atoms with Crippen LogP contribution in [0.4, 0.5) is 13.6 Å². The fourth-order valence-corrected chi connectivity index (χ4v) is 5.09. The minimum Gasteiger partial charge on any atom is -0.490 e. The molecule has 4 rings (SSSR count). The number of carbonyl (C=O) groups is 1. The van der Waals surface area contributed by atoms with E-state index in [4.69, 9.17) is 25.8 Å². The average Bonchev–Trinajstić information content (AvgIpc) is 2.77. The third-order valence-electron chi connectivity index (χ3n) is 6.39. The lowest BCUT2D eigenvalue weighted by Crippen LogP contribution is -2.55. The van der Waals surface area contributed by atoms with Crippen LogP contribution in [0, 0.1) is 17.6 Å². The molecular weight excluding hydrogens is 440 g/mol. The maximum absolute atomic E-state index is 15.2. The van der Waals surface area contributed by atoms with Crippen molar-refractivity contribution in [1.29, 1.82) is 0 Å². The molecule has 2 aromatic carbocycles. The van der Waals surface area contributed by atoms with E-state index in [0.29, 0.717) is 37.4 Å². The van der Waals surface area contributed by atoms with Crippen LogP contribution in [-0.4, -0.2) is 38.6 Å². The number of fused-ring (bicyclic) bond motifs is 3. The third kappa shape index (κ3) is 4.41. The van der Waals surface area contributed by atoms with Crippen molar-refractivity contribution in [3.05, 3.63) is 64.2 Å². The van der Waals surface area contributed by atoms with Gasteiger partial charge in [0, 0.05) is 41.5 Å². The summed E-state index contributed by atoms with van der Waals surface area (Å²) in [6.45, 7) is 3.00. The highest BCUT2D eigenvalue weighted by atomic mass is 35.5. The van der Waals surface area contributed by atoms with E-state index in [2.05, 4.69) is 5.32 Å². The number of ether oxygens (including phenoxy) is 3. The summed E-state index contributed by atoms with van der Waals surface area (Å²) < 4.78 is 46.8. The lowest BCUT2D eigenvalue weighted by atomic mass is 9.60. The van der Waals surface area contributed by atoms with E-state index in [1.165, 1.54) is 0 Å². The van der Waals surface area contributed by atoms with Crippen LogP contribution < -0.4 is 10.1 Å². The van der Waals surface area contributed by atoms with Crippen molar-refractivity contribution in [3.8, 4) is 5.75 Å². The monoisotopic (exact) mass is 465 g/mol. The van der Waals surface area contributed by atoms with Crippen LogP contribution in [0.2, 0.25) is 5.02 Å². The van der Waals surface area contributed by atoms with Crippen LogP contribution in [0.25, 0.3) is 0 Å². The van der Waals surface area contributed by atoms with E-state index in [1.807, 2.05) is 12.1 Å². The first-order valence-electron chi connectivity index (χ1n) is 10.8. The Bertz CT molecular complexity index is 971. The Morgan fingerprint density at radius 3 is 2.72 bits per heavy atom. The summed E-state index contributed by atoms with van der Waals surface area (Å²) >= 11 is 6.05. The van der Waals surface area contributed by atoms with Crippen LogP contribution in [0.15, 0.2) is 36.4 Å². The van der Waals surface area contributed by atoms with Crippen LogP contribution >= 0.6 is 11.6 Å². The number of rotatable bonds is 6. The van der Waals surface area contributed by atoms with E-state index in [-0.39, 0.29) is 36.5 Å². The van der Waals surface area contributed by atoms with E-state index < -0.39 is 23.1 Å². The number of alkyl carbamates (subject to hydrolysis) is 1. The molecule has 0 unspecified atom stereocenters. The normalized spacial score (nSPS) is 24.1. The van der Waals surface area contributed by atoms with E-state index in [9.17, 15) is 9.18 Å². The molecule has 2 heterocycles. The lowest BCUT2D eigenvalue weighted by Gasteiger charge is -2.51. The number of halogens is 3. The van der Waals surface area contributed by atoms with Crippen LogP contribution in [0.1, 0.15) is 30.9 Å². The molecule has 1 N–H and O–H groups in total. The van der Waals surface area contributed by atoms with Gasteiger partial charge in [0.25, 0.3) is 0 Å². The van der Waals surface area contributed by atoms with Crippen LogP contribution in [-0.2, 0) is 21.3 Å². The second-order valence-corrected chi connectivity index (χ2v) is 8.66. The van der Waals surface area contributed by atoms with Crippen molar-refractivity contribution in [3.63, 3.8) is 0 Å². The molecule has 32 heavy (non-hydrogen) atoms. The molecule has 2 aromatic rings. The number of carbonyl (C=O) groups excluding carboxylic acids is 1. The summed E-state index contributed by atoms with van der Waals surface area (Å²) in [4.78, 5) is 11.6. The largest absolute Gasteiger partial charge is 0.490 e. The maximum atomic E-state index is 15.2. The quantitative estimate of drug-likeness (QED) is 0.650. The molecule has 5 nitrogen and oxygen atoms in total. The molecule has 0 aliphatic carbocycles. The molecule has 1 amide bonds. The summed E-state index contributed by atoms with van der Waals surface area (Å²) in [6.07, 6.45) is 0.614. The molecule has 8 heteroatoms. The Balaban J connectivity index is 1.68. The average molecular weight is 466 g/mol. The molecule has 2 aliphatic rings. The maximum Gasteiger partial charge on any atom is 0.407 e. The number of benzene rings is 2.